The number of hydrogen-bond acceptors (Lipinski definition) is 5. The maximum Gasteiger partial charge on any atom is 0.309 e. The van der Waals surface area contributed by atoms with E-state index < -0.39 is 33.5 Å². The molecule has 0 spiro atoms. The van der Waals surface area contributed by atoms with Crippen LogP contribution in [0.4, 0.5) is 8.78 Å². The molecule has 1 fully saturated rings. The van der Waals surface area contributed by atoms with Crippen molar-refractivity contribution >= 4 is 16.0 Å². The lowest BCUT2D eigenvalue weighted by atomic mass is 9.98. The van der Waals surface area contributed by atoms with Crippen LogP contribution in [0.25, 0.3) is 0 Å². The molecule has 0 aliphatic carbocycles. The number of benzene rings is 2. The zero-order valence-electron chi connectivity index (χ0n) is 16.5. The number of piperidine rings is 1. The molecule has 1 heterocycles. The minimum atomic E-state index is -3.67. The van der Waals surface area contributed by atoms with Gasteiger partial charge in [-0.15, -0.1) is 0 Å². The lowest BCUT2D eigenvalue weighted by molar-refractivity contribution is -0.151. The largest absolute Gasteiger partial charge is 0.494 e. The molecule has 1 aliphatic rings. The zero-order chi connectivity index (χ0) is 21.7. The Morgan fingerprint density at radius 2 is 1.77 bits per heavy atom. The van der Waals surface area contributed by atoms with E-state index in [0.29, 0.717) is 25.2 Å². The first-order chi connectivity index (χ1) is 14.3. The van der Waals surface area contributed by atoms with Crippen molar-refractivity contribution in [3.63, 3.8) is 0 Å². The van der Waals surface area contributed by atoms with Gasteiger partial charge in [0.1, 0.15) is 12.4 Å². The topological polar surface area (TPSA) is 72.9 Å². The fourth-order valence-corrected chi connectivity index (χ4v) is 4.75. The number of sulfonamides is 1. The third-order valence-corrected chi connectivity index (χ3v) is 6.87. The molecule has 0 saturated carbocycles. The number of rotatable bonds is 7. The third-order valence-electron chi connectivity index (χ3n) is 4.96. The predicted octanol–water partition coefficient (Wildman–Crippen LogP) is 3.51. The Labute approximate surface area is 174 Å². The number of carbonyl (C=O) groups excluding carboxylic acids is 1. The Morgan fingerprint density at radius 1 is 1.10 bits per heavy atom. The van der Waals surface area contributed by atoms with Crippen LogP contribution < -0.4 is 4.74 Å². The summed E-state index contributed by atoms with van der Waals surface area (Å²) in [5.41, 5.74) is -0.0427. The fraction of sp³-hybridized carbons (Fsp3) is 0.381. The van der Waals surface area contributed by atoms with E-state index in [1.807, 2.05) is 6.92 Å². The first-order valence-corrected chi connectivity index (χ1v) is 11.1. The molecule has 0 bridgehead atoms. The highest BCUT2D eigenvalue weighted by molar-refractivity contribution is 7.89. The van der Waals surface area contributed by atoms with E-state index in [0.717, 1.165) is 6.07 Å². The summed E-state index contributed by atoms with van der Waals surface area (Å²) in [6.07, 6.45) is 0.585. The molecule has 9 heteroatoms. The van der Waals surface area contributed by atoms with Crippen molar-refractivity contribution in [2.45, 2.75) is 31.3 Å². The second-order valence-corrected chi connectivity index (χ2v) is 8.84. The highest BCUT2D eigenvalue weighted by atomic mass is 32.2. The number of ether oxygens (including phenoxy) is 2. The number of esters is 1. The van der Waals surface area contributed by atoms with Crippen LogP contribution in [0.15, 0.2) is 47.4 Å². The fourth-order valence-electron chi connectivity index (χ4n) is 3.28. The molecule has 2 aromatic rings. The van der Waals surface area contributed by atoms with Crippen molar-refractivity contribution < 1.29 is 31.5 Å². The second kappa shape index (κ2) is 9.53. The number of halogens is 2. The van der Waals surface area contributed by atoms with Gasteiger partial charge in [-0.2, -0.15) is 4.31 Å². The molecule has 0 atom stereocenters. The summed E-state index contributed by atoms with van der Waals surface area (Å²) in [4.78, 5) is 12.4. The van der Waals surface area contributed by atoms with Crippen LogP contribution in [-0.2, 0) is 26.2 Å². The normalized spacial score (nSPS) is 15.7. The van der Waals surface area contributed by atoms with E-state index in [9.17, 15) is 22.0 Å². The van der Waals surface area contributed by atoms with Crippen LogP contribution in [0.1, 0.15) is 25.3 Å². The molecule has 0 radical (unpaired) electrons. The average Bonchev–Trinajstić information content (AvgIpc) is 2.75. The molecule has 0 N–H and O–H groups in total. The van der Waals surface area contributed by atoms with E-state index in [-0.39, 0.29) is 30.2 Å². The quantitative estimate of drug-likeness (QED) is 0.618. The lowest BCUT2D eigenvalue weighted by Gasteiger charge is -2.30. The number of nitrogens with zero attached hydrogens (tertiary/aromatic N) is 1. The SMILES string of the molecule is CCOc1ccc(S(=O)(=O)N2CCC(C(=O)OCc3cccc(F)c3F)CC2)cc1. The minimum Gasteiger partial charge on any atom is -0.494 e. The molecule has 6 nitrogen and oxygen atoms in total. The molecule has 0 unspecified atom stereocenters. The molecular weight excluding hydrogens is 416 g/mol. The highest BCUT2D eigenvalue weighted by Gasteiger charge is 2.33. The Balaban J connectivity index is 1.55. The highest BCUT2D eigenvalue weighted by Crippen LogP contribution is 2.26. The summed E-state index contributed by atoms with van der Waals surface area (Å²) in [7, 11) is -3.67. The maximum absolute atomic E-state index is 13.7. The van der Waals surface area contributed by atoms with Gasteiger partial charge in [-0.1, -0.05) is 12.1 Å². The summed E-state index contributed by atoms with van der Waals surface area (Å²) >= 11 is 0. The van der Waals surface area contributed by atoms with E-state index in [2.05, 4.69) is 0 Å². The van der Waals surface area contributed by atoms with Crippen LogP contribution in [0.2, 0.25) is 0 Å². The maximum atomic E-state index is 13.7. The molecule has 3 rings (SSSR count). The van der Waals surface area contributed by atoms with Gasteiger partial charge in [-0.05, 0) is 50.1 Å². The van der Waals surface area contributed by atoms with E-state index in [1.165, 1.54) is 28.6 Å². The number of carbonyl (C=O) groups is 1. The van der Waals surface area contributed by atoms with Crippen molar-refractivity contribution in [1.29, 1.82) is 0 Å². The van der Waals surface area contributed by atoms with E-state index in [4.69, 9.17) is 9.47 Å². The van der Waals surface area contributed by atoms with Crippen molar-refractivity contribution in [3.05, 3.63) is 59.7 Å². The molecular formula is C21H23F2NO5S. The van der Waals surface area contributed by atoms with E-state index in [1.54, 1.807) is 12.1 Å². The van der Waals surface area contributed by atoms with Crippen molar-refractivity contribution in [2.24, 2.45) is 5.92 Å². The smallest absolute Gasteiger partial charge is 0.309 e. The summed E-state index contributed by atoms with van der Waals surface area (Å²) in [6, 6.07) is 9.87. The summed E-state index contributed by atoms with van der Waals surface area (Å²) < 4.78 is 64.3. The summed E-state index contributed by atoms with van der Waals surface area (Å²) in [5.74, 6) is -2.49. The average molecular weight is 439 g/mol. The van der Waals surface area contributed by atoms with Gasteiger partial charge < -0.3 is 9.47 Å². The zero-order valence-corrected chi connectivity index (χ0v) is 17.3. The molecule has 1 saturated heterocycles. The van der Waals surface area contributed by atoms with Crippen LogP contribution in [-0.4, -0.2) is 38.4 Å². The monoisotopic (exact) mass is 439 g/mol. The third kappa shape index (κ3) is 4.96. The molecule has 162 valence electrons. The van der Waals surface area contributed by atoms with Gasteiger partial charge in [-0.3, -0.25) is 4.79 Å². The van der Waals surface area contributed by atoms with Crippen LogP contribution in [0.3, 0.4) is 0 Å². The van der Waals surface area contributed by atoms with Crippen molar-refractivity contribution in [2.75, 3.05) is 19.7 Å². The van der Waals surface area contributed by atoms with E-state index >= 15 is 0 Å². The van der Waals surface area contributed by atoms with Gasteiger partial charge in [0, 0.05) is 18.7 Å². The van der Waals surface area contributed by atoms with Gasteiger partial charge in [0.25, 0.3) is 0 Å². The van der Waals surface area contributed by atoms with Crippen LogP contribution >= 0.6 is 0 Å². The Bertz CT molecular complexity index is 987. The Morgan fingerprint density at radius 3 is 2.40 bits per heavy atom. The molecule has 1 aliphatic heterocycles. The van der Waals surface area contributed by atoms with Gasteiger partial charge in [0.15, 0.2) is 11.6 Å². The lowest BCUT2D eigenvalue weighted by Crippen LogP contribution is -2.40. The Kier molecular flexibility index (Phi) is 7.04. The van der Waals surface area contributed by atoms with Crippen molar-refractivity contribution in [1.82, 2.24) is 4.31 Å². The second-order valence-electron chi connectivity index (χ2n) is 6.90. The van der Waals surface area contributed by atoms with Crippen molar-refractivity contribution in [3.8, 4) is 5.75 Å². The molecule has 0 aromatic heterocycles. The molecule has 30 heavy (non-hydrogen) atoms. The number of hydrogen-bond donors (Lipinski definition) is 0. The first-order valence-electron chi connectivity index (χ1n) is 9.65. The van der Waals surface area contributed by atoms with Crippen LogP contribution in [0, 0.1) is 17.6 Å². The minimum absolute atomic E-state index is 0.0427. The van der Waals surface area contributed by atoms with Crippen LogP contribution in [0.5, 0.6) is 5.75 Å². The standard InChI is InChI=1S/C21H23F2NO5S/c1-2-28-17-6-8-18(9-7-17)30(26,27)24-12-10-15(11-13-24)21(25)29-14-16-4-3-5-19(22)20(16)23/h3-9,15H,2,10-14H2,1H3. The first kappa shape index (κ1) is 22.2. The van der Waals surface area contributed by atoms with Gasteiger partial charge in [0.2, 0.25) is 10.0 Å². The van der Waals surface area contributed by atoms with Gasteiger partial charge in [-0.25, -0.2) is 17.2 Å². The van der Waals surface area contributed by atoms with Gasteiger partial charge >= 0.3 is 5.97 Å². The Hall–Kier alpha value is -2.52. The molecule has 0 amide bonds. The predicted molar refractivity (Wildman–Crippen MR) is 105 cm³/mol. The molecule has 2 aromatic carbocycles. The van der Waals surface area contributed by atoms with Gasteiger partial charge in [0.05, 0.1) is 17.4 Å². The summed E-state index contributed by atoms with van der Waals surface area (Å²) in [5, 5.41) is 0. The summed E-state index contributed by atoms with van der Waals surface area (Å²) in [6.45, 7) is 2.30.